The van der Waals surface area contributed by atoms with E-state index in [-0.39, 0.29) is 28.5 Å². The zero-order valence-corrected chi connectivity index (χ0v) is 14.2. The van der Waals surface area contributed by atoms with Crippen LogP contribution in [0, 0.1) is 17.0 Å². The highest BCUT2D eigenvalue weighted by Gasteiger charge is 2.20. The minimum atomic E-state index is -0.873. The molecule has 0 aliphatic carbocycles. The van der Waals surface area contributed by atoms with Crippen molar-refractivity contribution >= 4 is 29.2 Å². The van der Waals surface area contributed by atoms with Crippen LogP contribution < -0.4 is 4.74 Å². The second kappa shape index (κ2) is 7.76. The topological polar surface area (TPSA) is 95.7 Å². The summed E-state index contributed by atoms with van der Waals surface area (Å²) in [6.07, 6.45) is 0. The maximum absolute atomic E-state index is 12.3. The van der Waals surface area contributed by atoms with Gasteiger partial charge in [0.05, 0.1) is 27.7 Å². The van der Waals surface area contributed by atoms with Crippen molar-refractivity contribution in [2.24, 2.45) is 0 Å². The highest BCUT2D eigenvalue weighted by atomic mass is 35.5. The Morgan fingerprint density at radius 3 is 2.36 bits per heavy atom. The first-order valence-electron chi connectivity index (χ1n) is 7.26. The fourth-order valence-electron chi connectivity index (χ4n) is 2.01. The quantitative estimate of drug-likeness (QED) is 0.345. The molecular formula is C17H14ClNO6. The SMILES string of the molecule is CCOC(=O)c1cc(C(=O)Oc2cc(C)ccc2Cl)cc([N+](=O)[O-])c1. The van der Waals surface area contributed by atoms with Crippen LogP contribution in [0.25, 0.3) is 0 Å². The van der Waals surface area contributed by atoms with Gasteiger partial charge in [-0.15, -0.1) is 0 Å². The fraction of sp³-hybridized carbons (Fsp3) is 0.176. The number of hydrogen-bond acceptors (Lipinski definition) is 6. The molecule has 8 heteroatoms. The number of aryl methyl sites for hydroxylation is 1. The number of esters is 2. The summed E-state index contributed by atoms with van der Waals surface area (Å²) in [6.45, 7) is 3.49. The molecule has 0 atom stereocenters. The Morgan fingerprint density at radius 1 is 1.12 bits per heavy atom. The monoisotopic (exact) mass is 363 g/mol. The van der Waals surface area contributed by atoms with E-state index in [9.17, 15) is 19.7 Å². The van der Waals surface area contributed by atoms with Gasteiger partial charge in [-0.05, 0) is 37.6 Å². The van der Waals surface area contributed by atoms with E-state index in [0.717, 1.165) is 17.7 Å². The number of nitrogens with zero attached hydrogens (tertiary/aromatic N) is 1. The van der Waals surface area contributed by atoms with E-state index in [1.807, 2.05) is 0 Å². The van der Waals surface area contributed by atoms with Crippen molar-refractivity contribution in [1.29, 1.82) is 0 Å². The Bertz CT molecular complexity index is 849. The first-order chi connectivity index (χ1) is 11.8. The standard InChI is InChI=1S/C17H14ClNO6/c1-3-24-16(20)11-7-12(9-13(8-11)19(22)23)17(21)25-15-6-10(2)4-5-14(15)18/h4-9H,3H2,1-2H3. The molecule has 0 radical (unpaired) electrons. The van der Waals surface area contributed by atoms with E-state index in [4.69, 9.17) is 21.1 Å². The van der Waals surface area contributed by atoms with E-state index in [1.165, 1.54) is 6.07 Å². The van der Waals surface area contributed by atoms with Crippen molar-refractivity contribution in [3.05, 3.63) is 68.2 Å². The largest absolute Gasteiger partial charge is 0.462 e. The van der Waals surface area contributed by atoms with Gasteiger partial charge in [-0.3, -0.25) is 10.1 Å². The van der Waals surface area contributed by atoms with Crippen molar-refractivity contribution in [2.75, 3.05) is 6.61 Å². The molecule has 0 aromatic heterocycles. The highest BCUT2D eigenvalue weighted by Crippen LogP contribution is 2.27. The summed E-state index contributed by atoms with van der Waals surface area (Å²) in [5.74, 6) is -1.52. The van der Waals surface area contributed by atoms with E-state index in [2.05, 4.69) is 0 Å². The second-order valence-corrected chi connectivity index (χ2v) is 5.48. The van der Waals surface area contributed by atoms with Gasteiger partial charge in [0.2, 0.25) is 0 Å². The third-order valence-corrected chi connectivity index (χ3v) is 3.48. The van der Waals surface area contributed by atoms with Crippen LogP contribution in [0.5, 0.6) is 5.75 Å². The Labute approximate surface area is 148 Å². The number of ether oxygens (including phenoxy) is 2. The maximum atomic E-state index is 12.3. The molecule has 2 rings (SSSR count). The number of nitro benzene ring substituents is 1. The number of halogens is 1. The molecule has 0 aliphatic heterocycles. The predicted octanol–water partition coefficient (Wildman–Crippen LogP) is 3.95. The Kier molecular flexibility index (Phi) is 5.71. The summed E-state index contributed by atoms with van der Waals surface area (Å²) < 4.78 is 10.0. The van der Waals surface area contributed by atoms with Crippen LogP contribution in [0.15, 0.2) is 36.4 Å². The molecule has 0 saturated heterocycles. The second-order valence-electron chi connectivity index (χ2n) is 5.07. The molecule has 0 spiro atoms. The molecule has 7 nitrogen and oxygen atoms in total. The Hall–Kier alpha value is -2.93. The van der Waals surface area contributed by atoms with Crippen LogP contribution in [0.3, 0.4) is 0 Å². The van der Waals surface area contributed by atoms with Gasteiger partial charge in [-0.2, -0.15) is 0 Å². The average molecular weight is 364 g/mol. The molecule has 0 saturated carbocycles. The van der Waals surface area contributed by atoms with Gasteiger partial charge >= 0.3 is 11.9 Å². The molecule has 0 N–H and O–H groups in total. The van der Waals surface area contributed by atoms with Crippen molar-refractivity contribution < 1.29 is 24.0 Å². The third kappa shape index (κ3) is 4.54. The molecule has 0 bridgehead atoms. The molecule has 2 aromatic carbocycles. The number of carbonyl (C=O) groups excluding carboxylic acids is 2. The average Bonchev–Trinajstić information content (AvgIpc) is 2.57. The van der Waals surface area contributed by atoms with Crippen LogP contribution in [0.1, 0.15) is 33.2 Å². The lowest BCUT2D eigenvalue weighted by molar-refractivity contribution is -0.384. The van der Waals surface area contributed by atoms with E-state index >= 15 is 0 Å². The van der Waals surface area contributed by atoms with Gasteiger partial charge in [0.25, 0.3) is 5.69 Å². The van der Waals surface area contributed by atoms with Gasteiger partial charge in [-0.25, -0.2) is 9.59 Å². The lowest BCUT2D eigenvalue weighted by Gasteiger charge is -2.08. The first-order valence-corrected chi connectivity index (χ1v) is 7.64. The van der Waals surface area contributed by atoms with Crippen molar-refractivity contribution in [2.45, 2.75) is 13.8 Å². The summed E-state index contributed by atoms with van der Waals surface area (Å²) in [7, 11) is 0. The number of rotatable bonds is 5. The van der Waals surface area contributed by atoms with Crippen molar-refractivity contribution in [3.8, 4) is 5.75 Å². The summed E-state index contributed by atoms with van der Waals surface area (Å²) in [4.78, 5) is 34.5. The van der Waals surface area contributed by atoms with Gasteiger partial charge in [-0.1, -0.05) is 17.7 Å². The summed E-state index contributed by atoms with van der Waals surface area (Å²) in [5.41, 5.74) is 0.125. The molecule has 0 aliphatic rings. The Balaban J connectivity index is 2.39. The summed E-state index contributed by atoms with van der Waals surface area (Å²) in [6, 6.07) is 8.10. The maximum Gasteiger partial charge on any atom is 0.343 e. The molecule has 2 aromatic rings. The number of hydrogen-bond donors (Lipinski definition) is 0. The minimum absolute atomic E-state index is 0.0974. The lowest BCUT2D eigenvalue weighted by atomic mass is 10.1. The van der Waals surface area contributed by atoms with Crippen LogP contribution in [0.2, 0.25) is 5.02 Å². The Morgan fingerprint density at radius 2 is 1.76 bits per heavy atom. The normalized spacial score (nSPS) is 10.2. The van der Waals surface area contributed by atoms with Crippen LogP contribution >= 0.6 is 11.6 Å². The van der Waals surface area contributed by atoms with Crippen LogP contribution in [-0.4, -0.2) is 23.5 Å². The van der Waals surface area contributed by atoms with Crippen LogP contribution in [0.4, 0.5) is 5.69 Å². The van der Waals surface area contributed by atoms with Crippen molar-refractivity contribution in [1.82, 2.24) is 0 Å². The number of benzene rings is 2. The zero-order chi connectivity index (χ0) is 18.6. The zero-order valence-electron chi connectivity index (χ0n) is 13.4. The van der Waals surface area contributed by atoms with Gasteiger partial charge < -0.3 is 9.47 Å². The molecular weight excluding hydrogens is 350 g/mol. The minimum Gasteiger partial charge on any atom is -0.462 e. The summed E-state index contributed by atoms with van der Waals surface area (Å²) >= 11 is 5.97. The van der Waals surface area contributed by atoms with E-state index in [0.29, 0.717) is 0 Å². The van der Waals surface area contributed by atoms with Gasteiger partial charge in [0.15, 0.2) is 0 Å². The molecule has 0 fully saturated rings. The number of nitro groups is 1. The molecule has 0 amide bonds. The fourth-order valence-corrected chi connectivity index (χ4v) is 2.17. The summed E-state index contributed by atoms with van der Waals surface area (Å²) in [5, 5.41) is 11.3. The number of non-ortho nitro benzene ring substituents is 1. The van der Waals surface area contributed by atoms with Crippen LogP contribution in [-0.2, 0) is 4.74 Å². The van der Waals surface area contributed by atoms with E-state index in [1.54, 1.807) is 32.0 Å². The predicted molar refractivity (Wildman–Crippen MR) is 90.2 cm³/mol. The van der Waals surface area contributed by atoms with E-state index < -0.39 is 22.5 Å². The lowest BCUT2D eigenvalue weighted by Crippen LogP contribution is -2.12. The smallest absolute Gasteiger partial charge is 0.343 e. The molecule has 25 heavy (non-hydrogen) atoms. The molecule has 0 heterocycles. The van der Waals surface area contributed by atoms with Gasteiger partial charge in [0.1, 0.15) is 5.75 Å². The first kappa shape index (κ1) is 18.4. The third-order valence-electron chi connectivity index (χ3n) is 3.16. The van der Waals surface area contributed by atoms with Crippen molar-refractivity contribution in [3.63, 3.8) is 0 Å². The number of carbonyl (C=O) groups is 2. The van der Waals surface area contributed by atoms with Gasteiger partial charge in [0, 0.05) is 12.1 Å². The highest BCUT2D eigenvalue weighted by molar-refractivity contribution is 6.32. The molecule has 0 unspecified atom stereocenters. The molecule has 130 valence electrons.